The van der Waals surface area contributed by atoms with Crippen molar-refractivity contribution in [3.8, 4) is 0 Å². The summed E-state index contributed by atoms with van der Waals surface area (Å²) in [7, 11) is 0. The first kappa shape index (κ1) is 18.0. The maximum absolute atomic E-state index is 14.9. The van der Waals surface area contributed by atoms with Crippen molar-refractivity contribution in [1.29, 1.82) is 0 Å². The topological polar surface area (TPSA) is 82.8 Å². The van der Waals surface area contributed by atoms with Crippen molar-refractivity contribution >= 4 is 22.6 Å². The molecule has 4 rings (SSSR count). The van der Waals surface area contributed by atoms with Crippen LogP contribution in [0.5, 0.6) is 0 Å². The molecule has 2 heterocycles. The second-order valence-corrected chi connectivity index (χ2v) is 8.35. The minimum absolute atomic E-state index is 0.0966. The Hall–Kier alpha value is -2.41. The number of aromatic carboxylic acids is 1. The Bertz CT molecular complexity index is 994. The Labute approximate surface area is 155 Å². The molecule has 1 aromatic carbocycles. The highest BCUT2D eigenvalue weighted by molar-refractivity contribution is 5.93. The van der Waals surface area contributed by atoms with E-state index in [0.717, 1.165) is 18.9 Å². The van der Waals surface area contributed by atoms with Crippen LogP contribution in [0.1, 0.15) is 49.5 Å². The predicted octanol–water partition coefficient (Wildman–Crippen LogP) is 2.77. The number of hydrogen-bond acceptors (Lipinski definition) is 4. The van der Waals surface area contributed by atoms with Crippen LogP contribution in [0.25, 0.3) is 10.9 Å². The first-order chi connectivity index (χ1) is 12.7. The summed E-state index contributed by atoms with van der Waals surface area (Å²) in [5.41, 5.74) is -0.409. The Kier molecular flexibility index (Phi) is 4.03. The van der Waals surface area contributed by atoms with Gasteiger partial charge >= 0.3 is 5.97 Å². The number of nitrogens with zero attached hydrogens (tertiary/aromatic N) is 2. The highest BCUT2D eigenvalue weighted by atomic mass is 19.1. The monoisotopic (exact) mass is 374 g/mol. The summed E-state index contributed by atoms with van der Waals surface area (Å²) in [6, 6.07) is 2.96. The molecular formula is C20H23FN2O4. The number of rotatable bonds is 3. The number of hydrogen-bond donors (Lipinski definition) is 2. The number of fused-ring (bicyclic) bond motifs is 1. The molecule has 144 valence electrons. The third kappa shape index (κ3) is 3.00. The van der Waals surface area contributed by atoms with E-state index in [1.54, 1.807) is 10.6 Å². The quantitative estimate of drug-likeness (QED) is 0.863. The van der Waals surface area contributed by atoms with Gasteiger partial charge in [-0.15, -0.1) is 0 Å². The maximum Gasteiger partial charge on any atom is 0.341 e. The largest absolute Gasteiger partial charge is 0.477 e. The third-order valence-corrected chi connectivity index (χ3v) is 5.79. The number of aromatic nitrogens is 1. The minimum atomic E-state index is -1.30. The van der Waals surface area contributed by atoms with E-state index in [4.69, 9.17) is 0 Å². The first-order valence-corrected chi connectivity index (χ1v) is 9.24. The molecule has 1 unspecified atom stereocenters. The van der Waals surface area contributed by atoms with Crippen molar-refractivity contribution in [2.75, 3.05) is 18.0 Å². The van der Waals surface area contributed by atoms with Crippen molar-refractivity contribution in [1.82, 2.24) is 4.57 Å². The van der Waals surface area contributed by atoms with Crippen LogP contribution in [0.4, 0.5) is 10.1 Å². The fourth-order valence-corrected chi connectivity index (χ4v) is 3.96. The molecule has 7 heteroatoms. The van der Waals surface area contributed by atoms with Crippen LogP contribution >= 0.6 is 0 Å². The van der Waals surface area contributed by atoms with Gasteiger partial charge in [-0.25, -0.2) is 9.18 Å². The first-order valence-electron chi connectivity index (χ1n) is 9.24. The number of aliphatic hydroxyl groups excluding tert-OH is 1. The van der Waals surface area contributed by atoms with E-state index < -0.39 is 23.3 Å². The molecule has 2 aromatic rings. The zero-order valence-electron chi connectivity index (χ0n) is 15.4. The molecule has 6 nitrogen and oxygen atoms in total. The number of carbonyl (C=O) groups is 1. The van der Waals surface area contributed by atoms with E-state index in [2.05, 4.69) is 0 Å². The summed E-state index contributed by atoms with van der Waals surface area (Å²) in [5, 5.41) is 19.6. The van der Waals surface area contributed by atoms with Gasteiger partial charge in [0.15, 0.2) is 0 Å². The lowest BCUT2D eigenvalue weighted by Gasteiger charge is -2.43. The highest BCUT2D eigenvalue weighted by Gasteiger charge is 2.36. The van der Waals surface area contributed by atoms with Crippen molar-refractivity contribution in [3.63, 3.8) is 0 Å². The van der Waals surface area contributed by atoms with Gasteiger partial charge in [0.05, 0.1) is 17.3 Å². The molecule has 27 heavy (non-hydrogen) atoms. The molecule has 1 saturated carbocycles. The Balaban J connectivity index is 1.88. The fourth-order valence-electron chi connectivity index (χ4n) is 3.96. The lowest BCUT2D eigenvalue weighted by Crippen LogP contribution is -2.49. The van der Waals surface area contributed by atoms with E-state index in [9.17, 15) is 24.2 Å². The van der Waals surface area contributed by atoms with Crippen molar-refractivity contribution in [2.45, 2.75) is 45.3 Å². The van der Waals surface area contributed by atoms with E-state index in [-0.39, 0.29) is 22.4 Å². The van der Waals surface area contributed by atoms with Gasteiger partial charge in [0.2, 0.25) is 5.43 Å². The number of carboxylic acids is 1. The lowest BCUT2D eigenvalue weighted by molar-refractivity contribution is 0.0334. The van der Waals surface area contributed by atoms with Gasteiger partial charge in [-0.1, -0.05) is 13.8 Å². The lowest BCUT2D eigenvalue weighted by atomic mass is 9.81. The summed E-state index contributed by atoms with van der Waals surface area (Å²) < 4.78 is 16.7. The zero-order valence-corrected chi connectivity index (χ0v) is 15.4. The van der Waals surface area contributed by atoms with Gasteiger partial charge < -0.3 is 19.7 Å². The number of halogens is 1. The Morgan fingerprint density at radius 2 is 1.96 bits per heavy atom. The van der Waals surface area contributed by atoms with Gasteiger partial charge in [-0.05, 0) is 31.4 Å². The number of anilines is 1. The molecule has 0 amide bonds. The normalized spacial score (nSPS) is 22.2. The summed E-state index contributed by atoms with van der Waals surface area (Å²) in [6.07, 6.45) is 3.30. The molecule has 0 radical (unpaired) electrons. The summed E-state index contributed by atoms with van der Waals surface area (Å²) in [5.74, 6) is -1.84. The van der Waals surface area contributed by atoms with Gasteiger partial charge in [-0.2, -0.15) is 0 Å². The van der Waals surface area contributed by atoms with Crippen LogP contribution in [0.15, 0.2) is 23.1 Å². The van der Waals surface area contributed by atoms with Gasteiger partial charge in [-0.3, -0.25) is 4.79 Å². The third-order valence-electron chi connectivity index (χ3n) is 5.79. The maximum atomic E-state index is 14.9. The number of aliphatic hydroxyl groups is 1. The summed E-state index contributed by atoms with van der Waals surface area (Å²) in [6.45, 7) is 4.91. The number of carboxylic acid groups (broad SMARTS) is 1. The van der Waals surface area contributed by atoms with Crippen molar-refractivity contribution in [2.24, 2.45) is 5.41 Å². The molecule has 1 atom stereocenters. The minimum Gasteiger partial charge on any atom is -0.477 e. The molecule has 0 spiro atoms. The van der Waals surface area contributed by atoms with E-state index in [1.165, 1.54) is 6.20 Å². The second kappa shape index (κ2) is 6.05. The van der Waals surface area contributed by atoms with Crippen LogP contribution in [-0.4, -0.2) is 39.9 Å². The fraction of sp³-hybridized carbons (Fsp3) is 0.500. The van der Waals surface area contributed by atoms with Gasteiger partial charge in [0.25, 0.3) is 0 Å². The molecule has 1 aromatic heterocycles. The summed E-state index contributed by atoms with van der Waals surface area (Å²) >= 11 is 0. The molecular weight excluding hydrogens is 351 g/mol. The predicted molar refractivity (Wildman–Crippen MR) is 100 cm³/mol. The number of pyridine rings is 1. The number of benzene rings is 1. The van der Waals surface area contributed by atoms with Crippen LogP contribution in [0, 0.1) is 11.2 Å². The molecule has 1 aliphatic carbocycles. The second-order valence-electron chi connectivity index (χ2n) is 8.35. The van der Waals surface area contributed by atoms with E-state index in [1.807, 2.05) is 18.7 Å². The Morgan fingerprint density at radius 1 is 1.26 bits per heavy atom. The highest BCUT2D eigenvalue weighted by Crippen LogP contribution is 2.39. The number of piperidine rings is 1. The average Bonchev–Trinajstić information content (AvgIpc) is 3.42. The van der Waals surface area contributed by atoms with Crippen LogP contribution < -0.4 is 10.3 Å². The molecule has 2 N–H and O–H groups in total. The standard InChI is InChI=1S/C20H23FN2O4/c1-20(2)10-22(6-5-17(20)24)16-8-15-12(7-14(16)21)18(25)13(19(26)27)9-23(15)11-3-4-11/h7-9,11,17,24H,3-6,10H2,1-2H3,(H,26,27). The van der Waals surface area contributed by atoms with E-state index >= 15 is 0 Å². The SMILES string of the molecule is CC1(C)CN(c2cc3c(cc2F)c(=O)c(C(=O)O)cn3C2CC2)CCC1O. The average molecular weight is 374 g/mol. The molecule has 0 bridgehead atoms. The van der Waals surface area contributed by atoms with Crippen molar-refractivity contribution < 1.29 is 19.4 Å². The van der Waals surface area contributed by atoms with Crippen LogP contribution in [0.3, 0.4) is 0 Å². The van der Waals surface area contributed by atoms with Crippen LogP contribution in [0.2, 0.25) is 0 Å². The van der Waals surface area contributed by atoms with Crippen molar-refractivity contribution in [3.05, 3.63) is 39.9 Å². The molecule has 1 saturated heterocycles. The molecule has 2 aliphatic rings. The van der Waals surface area contributed by atoms with E-state index in [0.29, 0.717) is 30.7 Å². The molecule has 2 fully saturated rings. The smallest absolute Gasteiger partial charge is 0.341 e. The molecule has 1 aliphatic heterocycles. The van der Waals surface area contributed by atoms with Gasteiger partial charge in [0.1, 0.15) is 11.4 Å². The zero-order chi connectivity index (χ0) is 19.5. The Morgan fingerprint density at radius 3 is 2.56 bits per heavy atom. The summed E-state index contributed by atoms with van der Waals surface area (Å²) in [4.78, 5) is 25.9. The van der Waals surface area contributed by atoms with Crippen LogP contribution in [-0.2, 0) is 0 Å². The van der Waals surface area contributed by atoms with Gasteiger partial charge in [0, 0.05) is 36.1 Å².